The molecule has 114 valence electrons. The second-order valence-corrected chi connectivity index (χ2v) is 6.26. The van der Waals surface area contributed by atoms with Crippen LogP contribution in [-0.2, 0) is 0 Å². The first-order valence-electron chi connectivity index (χ1n) is 6.90. The number of amides is 2. The van der Waals surface area contributed by atoms with Crippen molar-refractivity contribution in [2.75, 3.05) is 11.9 Å². The molecule has 0 saturated heterocycles. The van der Waals surface area contributed by atoms with Gasteiger partial charge in [-0.05, 0) is 19.1 Å². The van der Waals surface area contributed by atoms with E-state index in [1.807, 2.05) is 38.2 Å². The zero-order chi connectivity index (χ0) is 15.5. The molecular weight excluding hydrogens is 300 g/mol. The summed E-state index contributed by atoms with van der Waals surface area (Å²) in [6.45, 7) is 4.56. The lowest BCUT2D eigenvalue weighted by Crippen LogP contribution is -2.32. The Morgan fingerprint density at radius 3 is 3.05 bits per heavy atom. The number of fused-ring (bicyclic) bond motifs is 1. The minimum atomic E-state index is -0.307. The van der Waals surface area contributed by atoms with Crippen molar-refractivity contribution in [1.82, 2.24) is 24.9 Å². The second-order valence-electron chi connectivity index (χ2n) is 5.00. The number of carbonyl (C=O) groups is 1. The van der Waals surface area contributed by atoms with Gasteiger partial charge in [0, 0.05) is 29.7 Å². The summed E-state index contributed by atoms with van der Waals surface area (Å²) in [6.07, 6.45) is 3.64. The number of hydrogen-bond acceptors (Lipinski definition) is 5. The molecule has 0 bridgehead atoms. The number of urea groups is 1. The van der Waals surface area contributed by atoms with Gasteiger partial charge in [-0.25, -0.2) is 9.78 Å². The monoisotopic (exact) mass is 316 g/mol. The smallest absolute Gasteiger partial charge is 0.321 e. The molecule has 0 unspecified atom stereocenters. The van der Waals surface area contributed by atoms with Gasteiger partial charge in [-0.2, -0.15) is 0 Å². The average Bonchev–Trinajstić information content (AvgIpc) is 3.12. The van der Waals surface area contributed by atoms with Crippen LogP contribution < -0.4 is 10.6 Å². The molecule has 3 aromatic rings. The van der Waals surface area contributed by atoms with Crippen LogP contribution in [0.3, 0.4) is 0 Å². The number of aryl methyl sites for hydroxylation is 1. The van der Waals surface area contributed by atoms with Gasteiger partial charge in [0.05, 0.1) is 5.01 Å². The topological polar surface area (TPSA) is 84.2 Å². The van der Waals surface area contributed by atoms with E-state index in [-0.39, 0.29) is 11.9 Å². The number of hydrogen-bond donors (Lipinski definition) is 2. The van der Waals surface area contributed by atoms with Crippen molar-refractivity contribution in [3.05, 3.63) is 40.5 Å². The van der Waals surface area contributed by atoms with E-state index in [1.165, 1.54) is 4.88 Å². The molecule has 22 heavy (non-hydrogen) atoms. The first kappa shape index (κ1) is 14.5. The number of rotatable bonds is 4. The van der Waals surface area contributed by atoms with Crippen molar-refractivity contribution in [3.63, 3.8) is 0 Å². The van der Waals surface area contributed by atoms with Crippen molar-refractivity contribution < 1.29 is 4.79 Å². The van der Waals surface area contributed by atoms with Crippen molar-refractivity contribution in [2.45, 2.75) is 19.8 Å². The molecule has 3 heterocycles. The Balaban J connectivity index is 1.58. The highest BCUT2D eigenvalue weighted by Gasteiger charge is 2.12. The predicted molar refractivity (Wildman–Crippen MR) is 85.3 cm³/mol. The number of anilines is 1. The van der Waals surface area contributed by atoms with Crippen LogP contribution in [0.1, 0.15) is 22.7 Å². The maximum absolute atomic E-state index is 12.0. The lowest BCUT2D eigenvalue weighted by molar-refractivity contribution is 0.251. The normalized spacial score (nSPS) is 12.3. The van der Waals surface area contributed by atoms with E-state index in [4.69, 9.17) is 0 Å². The van der Waals surface area contributed by atoms with E-state index in [2.05, 4.69) is 25.8 Å². The quantitative estimate of drug-likeness (QED) is 0.774. The molecule has 2 N–H and O–H groups in total. The number of nitrogens with zero attached hydrogens (tertiary/aromatic N) is 4. The van der Waals surface area contributed by atoms with Crippen LogP contribution in [0, 0.1) is 6.92 Å². The number of pyridine rings is 1. The summed E-state index contributed by atoms with van der Waals surface area (Å²) in [7, 11) is 0. The summed E-state index contributed by atoms with van der Waals surface area (Å²) in [5, 5.41) is 14.5. The van der Waals surface area contributed by atoms with Gasteiger partial charge in [-0.15, -0.1) is 21.5 Å². The van der Waals surface area contributed by atoms with Crippen LogP contribution >= 0.6 is 11.3 Å². The van der Waals surface area contributed by atoms with Crippen LogP contribution in [0.5, 0.6) is 0 Å². The minimum Gasteiger partial charge on any atom is -0.337 e. The van der Waals surface area contributed by atoms with Crippen molar-refractivity contribution in [2.24, 2.45) is 0 Å². The fourth-order valence-corrected chi connectivity index (χ4v) is 2.83. The Labute approximate surface area is 131 Å². The third kappa shape index (κ3) is 3.06. The molecule has 0 spiro atoms. The lowest BCUT2D eigenvalue weighted by atomic mass is 10.2. The average molecular weight is 316 g/mol. The van der Waals surface area contributed by atoms with Crippen molar-refractivity contribution in [3.8, 4) is 0 Å². The predicted octanol–water partition coefficient (Wildman–Crippen LogP) is 2.42. The van der Waals surface area contributed by atoms with E-state index in [1.54, 1.807) is 21.9 Å². The summed E-state index contributed by atoms with van der Waals surface area (Å²) in [4.78, 5) is 17.5. The molecular formula is C14H16N6OS. The van der Waals surface area contributed by atoms with Gasteiger partial charge in [0.15, 0.2) is 5.65 Å². The maximum atomic E-state index is 12.0. The molecule has 0 aliphatic rings. The van der Waals surface area contributed by atoms with E-state index in [0.717, 1.165) is 5.01 Å². The largest absolute Gasteiger partial charge is 0.337 e. The number of thiazole rings is 1. The standard InChI is InChI=1S/C14H16N6OS/c1-9(12-15-8-10(2)22-12)7-16-14(21)17-13-19-18-11-5-3-4-6-20(11)13/h3-6,8-9H,7H2,1-2H3,(H2,16,17,19,21)/t9-/m1/s1. The van der Waals surface area contributed by atoms with Gasteiger partial charge >= 0.3 is 6.03 Å². The van der Waals surface area contributed by atoms with E-state index in [9.17, 15) is 4.79 Å². The Morgan fingerprint density at radius 1 is 1.41 bits per heavy atom. The molecule has 0 fully saturated rings. The van der Waals surface area contributed by atoms with Crippen LogP contribution in [0.25, 0.3) is 5.65 Å². The third-order valence-corrected chi connectivity index (χ3v) is 4.31. The molecule has 2 amide bonds. The van der Waals surface area contributed by atoms with Gasteiger partial charge in [-0.3, -0.25) is 9.72 Å². The summed E-state index contributed by atoms with van der Waals surface area (Å²) >= 11 is 1.65. The molecule has 0 aliphatic heterocycles. The fourth-order valence-electron chi connectivity index (χ4n) is 2.01. The van der Waals surface area contributed by atoms with Crippen LogP contribution in [0.4, 0.5) is 10.7 Å². The highest BCUT2D eigenvalue weighted by molar-refractivity contribution is 7.11. The molecule has 0 aliphatic carbocycles. The zero-order valence-corrected chi connectivity index (χ0v) is 13.1. The van der Waals surface area contributed by atoms with Crippen LogP contribution in [0.2, 0.25) is 0 Å². The highest BCUT2D eigenvalue weighted by Crippen LogP contribution is 2.20. The molecule has 8 heteroatoms. The Morgan fingerprint density at radius 2 is 2.27 bits per heavy atom. The summed E-state index contributed by atoms with van der Waals surface area (Å²) < 4.78 is 1.72. The van der Waals surface area contributed by atoms with E-state index < -0.39 is 0 Å². The molecule has 0 radical (unpaired) electrons. The van der Waals surface area contributed by atoms with Crippen molar-refractivity contribution >= 4 is 29.0 Å². The fraction of sp³-hybridized carbons (Fsp3) is 0.286. The van der Waals surface area contributed by atoms with Crippen LogP contribution in [0.15, 0.2) is 30.6 Å². The van der Waals surface area contributed by atoms with Gasteiger partial charge in [0.2, 0.25) is 5.95 Å². The van der Waals surface area contributed by atoms with Crippen LogP contribution in [-0.4, -0.2) is 32.2 Å². The van der Waals surface area contributed by atoms with Gasteiger partial charge in [0.1, 0.15) is 0 Å². The summed E-state index contributed by atoms with van der Waals surface area (Å²) in [5.74, 6) is 0.561. The maximum Gasteiger partial charge on any atom is 0.321 e. The van der Waals surface area contributed by atoms with Crippen molar-refractivity contribution in [1.29, 1.82) is 0 Å². The molecule has 3 aromatic heterocycles. The number of nitrogens with one attached hydrogen (secondary N) is 2. The van der Waals surface area contributed by atoms with Gasteiger partial charge in [0.25, 0.3) is 0 Å². The minimum absolute atomic E-state index is 0.166. The van der Waals surface area contributed by atoms with Gasteiger partial charge in [-0.1, -0.05) is 13.0 Å². The SMILES string of the molecule is Cc1cnc([C@H](C)CNC(=O)Nc2nnc3ccccn23)s1. The Hall–Kier alpha value is -2.48. The van der Waals surface area contributed by atoms with Gasteiger partial charge < -0.3 is 5.32 Å². The Kier molecular flexibility index (Phi) is 4.01. The summed E-state index contributed by atoms with van der Waals surface area (Å²) in [5.41, 5.74) is 0.685. The molecule has 0 saturated carbocycles. The zero-order valence-electron chi connectivity index (χ0n) is 12.3. The van der Waals surface area contributed by atoms with E-state index in [0.29, 0.717) is 18.1 Å². The molecule has 0 aromatic carbocycles. The Bertz CT molecular complexity index is 795. The highest BCUT2D eigenvalue weighted by atomic mass is 32.1. The molecule has 7 nitrogen and oxygen atoms in total. The second kappa shape index (κ2) is 6.10. The molecule has 1 atom stereocenters. The number of carbonyl (C=O) groups excluding carboxylic acids is 1. The third-order valence-electron chi connectivity index (χ3n) is 3.17. The summed E-state index contributed by atoms with van der Waals surface area (Å²) in [6, 6.07) is 5.24. The number of aromatic nitrogens is 4. The lowest BCUT2D eigenvalue weighted by Gasteiger charge is -2.10. The molecule has 3 rings (SSSR count). The first-order chi connectivity index (χ1) is 10.6. The van der Waals surface area contributed by atoms with E-state index >= 15 is 0 Å². The first-order valence-corrected chi connectivity index (χ1v) is 7.72.